The van der Waals surface area contributed by atoms with Gasteiger partial charge >= 0.3 is 0 Å². The quantitative estimate of drug-likeness (QED) is 0.122. The topological polar surface area (TPSA) is 76.5 Å². The van der Waals surface area contributed by atoms with Crippen molar-refractivity contribution in [1.29, 1.82) is 0 Å². The second kappa shape index (κ2) is 16.2. The Morgan fingerprint density at radius 2 is 0.739 bits per heavy atom. The van der Waals surface area contributed by atoms with Crippen LogP contribution in [0.15, 0.2) is 134 Å². The summed E-state index contributed by atoms with van der Waals surface area (Å²) < 4.78 is 12.8. The number of fused-ring (bicyclic) bond motifs is 1. The molecule has 0 aliphatic carbocycles. The van der Waals surface area contributed by atoms with E-state index in [0.29, 0.717) is 39.4 Å². The van der Waals surface area contributed by atoms with Crippen LogP contribution < -0.4 is 9.47 Å². The first kappa shape index (κ1) is 30.8. The Bertz CT molecular complexity index is 1540. The highest BCUT2D eigenvalue weighted by Crippen LogP contribution is 2.32. The molecule has 6 rings (SSSR count). The standard InChI is InChI=1S/C38H38N6O2/c1-5-19-39-31(11-1)27-43(28-32-12-2-6-20-40-32)23-25-45-37-17-9-16-36-35(37)15-10-18-38(36)46-26-24-44(29-33-13-3-7-21-41-33)30-34-14-4-8-22-42-34/h1-22H,23-30H2. The molecule has 2 aromatic carbocycles. The van der Waals surface area contributed by atoms with Gasteiger partial charge in [0.05, 0.1) is 22.8 Å². The minimum atomic E-state index is 0.528. The fourth-order valence-corrected chi connectivity index (χ4v) is 5.38. The molecule has 0 bridgehead atoms. The van der Waals surface area contributed by atoms with Gasteiger partial charge in [-0.2, -0.15) is 0 Å². The minimum Gasteiger partial charge on any atom is -0.492 e. The van der Waals surface area contributed by atoms with Crippen LogP contribution in [0.25, 0.3) is 10.8 Å². The second-order valence-electron chi connectivity index (χ2n) is 11.0. The van der Waals surface area contributed by atoms with Gasteiger partial charge in [0.25, 0.3) is 0 Å². The Balaban J connectivity index is 1.10. The molecule has 4 aromatic heterocycles. The van der Waals surface area contributed by atoms with Gasteiger partial charge < -0.3 is 9.47 Å². The lowest BCUT2D eigenvalue weighted by molar-refractivity contribution is 0.193. The van der Waals surface area contributed by atoms with Gasteiger partial charge in [-0.1, -0.05) is 48.5 Å². The summed E-state index contributed by atoms with van der Waals surface area (Å²) in [5.41, 5.74) is 4.07. The molecule has 4 heterocycles. The maximum atomic E-state index is 6.40. The zero-order valence-corrected chi connectivity index (χ0v) is 25.9. The van der Waals surface area contributed by atoms with Crippen LogP contribution in [0.4, 0.5) is 0 Å². The first-order valence-electron chi connectivity index (χ1n) is 15.6. The van der Waals surface area contributed by atoms with E-state index in [0.717, 1.165) is 58.1 Å². The fourth-order valence-electron chi connectivity index (χ4n) is 5.38. The Hall–Kier alpha value is -5.18. The third-order valence-electron chi connectivity index (χ3n) is 7.62. The lowest BCUT2D eigenvalue weighted by atomic mass is 10.1. The summed E-state index contributed by atoms with van der Waals surface area (Å²) in [6.07, 6.45) is 7.33. The van der Waals surface area contributed by atoms with Crippen LogP contribution >= 0.6 is 0 Å². The van der Waals surface area contributed by atoms with Gasteiger partial charge in [0.15, 0.2) is 0 Å². The lowest BCUT2D eigenvalue weighted by Gasteiger charge is -2.22. The smallest absolute Gasteiger partial charge is 0.127 e. The molecule has 0 unspecified atom stereocenters. The van der Waals surface area contributed by atoms with Gasteiger partial charge in [0.2, 0.25) is 0 Å². The number of rotatable bonds is 16. The van der Waals surface area contributed by atoms with Gasteiger partial charge in [0, 0.05) is 74.8 Å². The van der Waals surface area contributed by atoms with Gasteiger partial charge in [-0.25, -0.2) is 0 Å². The maximum Gasteiger partial charge on any atom is 0.127 e. The molecule has 232 valence electrons. The van der Waals surface area contributed by atoms with Crippen LogP contribution in [-0.2, 0) is 26.2 Å². The number of hydrogen-bond donors (Lipinski definition) is 0. The van der Waals surface area contributed by atoms with E-state index in [-0.39, 0.29) is 0 Å². The molecule has 46 heavy (non-hydrogen) atoms. The first-order valence-corrected chi connectivity index (χ1v) is 15.6. The van der Waals surface area contributed by atoms with Crippen molar-refractivity contribution >= 4 is 10.8 Å². The van der Waals surface area contributed by atoms with Crippen molar-refractivity contribution in [2.45, 2.75) is 26.2 Å². The third kappa shape index (κ3) is 8.94. The number of nitrogens with zero attached hydrogens (tertiary/aromatic N) is 6. The van der Waals surface area contributed by atoms with Gasteiger partial charge in [-0.15, -0.1) is 0 Å². The summed E-state index contributed by atoms with van der Waals surface area (Å²) in [5.74, 6) is 1.68. The Labute approximate surface area is 270 Å². The molecule has 0 aliphatic rings. The van der Waals surface area contributed by atoms with Crippen molar-refractivity contribution in [3.05, 3.63) is 157 Å². The number of pyridine rings is 4. The molecular weight excluding hydrogens is 572 g/mol. The molecule has 0 amide bonds. The first-order chi connectivity index (χ1) is 22.8. The number of aromatic nitrogens is 4. The van der Waals surface area contributed by atoms with Crippen LogP contribution in [0.2, 0.25) is 0 Å². The summed E-state index contributed by atoms with van der Waals surface area (Å²) in [7, 11) is 0. The SMILES string of the molecule is c1ccc(CN(CCOc2cccc3c(OCCN(Cc4ccccn4)Cc4ccccn4)cccc23)Cc2ccccn2)nc1. The Morgan fingerprint density at radius 1 is 0.391 bits per heavy atom. The van der Waals surface area contributed by atoms with E-state index in [4.69, 9.17) is 9.47 Å². The summed E-state index contributed by atoms with van der Waals surface area (Å²) in [5, 5.41) is 2.06. The molecule has 0 fully saturated rings. The number of ether oxygens (including phenoxy) is 2. The third-order valence-corrected chi connectivity index (χ3v) is 7.62. The van der Waals surface area contributed by atoms with E-state index in [1.54, 1.807) is 0 Å². The van der Waals surface area contributed by atoms with E-state index in [2.05, 4.69) is 66.1 Å². The number of hydrogen-bond acceptors (Lipinski definition) is 8. The van der Waals surface area contributed by atoms with Gasteiger partial charge in [-0.05, 0) is 60.7 Å². The molecule has 0 radical (unpaired) electrons. The zero-order chi connectivity index (χ0) is 31.2. The van der Waals surface area contributed by atoms with Crippen molar-refractivity contribution in [2.24, 2.45) is 0 Å². The predicted molar refractivity (Wildman–Crippen MR) is 180 cm³/mol. The van der Waals surface area contributed by atoms with Crippen LogP contribution in [0.5, 0.6) is 11.5 Å². The summed E-state index contributed by atoms with van der Waals surface area (Å²) in [6, 6.07) is 36.3. The van der Waals surface area contributed by atoms with Crippen LogP contribution in [-0.4, -0.2) is 56.0 Å². The Morgan fingerprint density at radius 3 is 1.04 bits per heavy atom. The largest absolute Gasteiger partial charge is 0.492 e. The molecule has 8 heteroatoms. The lowest BCUT2D eigenvalue weighted by Crippen LogP contribution is -2.28. The molecule has 0 atom stereocenters. The second-order valence-corrected chi connectivity index (χ2v) is 11.0. The molecule has 6 aromatic rings. The van der Waals surface area contributed by atoms with Crippen molar-refractivity contribution in [3.63, 3.8) is 0 Å². The molecule has 0 aliphatic heterocycles. The molecule has 0 spiro atoms. The van der Waals surface area contributed by atoms with Crippen LogP contribution in [0.1, 0.15) is 22.8 Å². The van der Waals surface area contributed by atoms with Crippen molar-refractivity contribution in [1.82, 2.24) is 29.7 Å². The molecule has 0 N–H and O–H groups in total. The maximum absolute atomic E-state index is 6.40. The van der Waals surface area contributed by atoms with E-state index >= 15 is 0 Å². The zero-order valence-electron chi connectivity index (χ0n) is 25.9. The minimum absolute atomic E-state index is 0.528. The van der Waals surface area contributed by atoms with Gasteiger partial charge in [0.1, 0.15) is 24.7 Å². The normalized spacial score (nSPS) is 11.3. The molecular formula is C38H38N6O2. The van der Waals surface area contributed by atoms with Crippen molar-refractivity contribution < 1.29 is 9.47 Å². The number of benzene rings is 2. The monoisotopic (exact) mass is 610 g/mol. The average molecular weight is 611 g/mol. The molecule has 8 nitrogen and oxygen atoms in total. The summed E-state index contributed by atoms with van der Waals surface area (Å²) in [6.45, 7) is 5.36. The van der Waals surface area contributed by atoms with Crippen molar-refractivity contribution in [2.75, 3.05) is 26.3 Å². The summed E-state index contributed by atoms with van der Waals surface area (Å²) in [4.78, 5) is 22.7. The van der Waals surface area contributed by atoms with E-state index in [1.807, 2.05) is 97.6 Å². The average Bonchev–Trinajstić information content (AvgIpc) is 3.10. The highest BCUT2D eigenvalue weighted by Gasteiger charge is 2.13. The molecule has 0 saturated heterocycles. The Kier molecular flexibility index (Phi) is 10.9. The molecule has 0 saturated carbocycles. The van der Waals surface area contributed by atoms with E-state index in [1.165, 1.54) is 0 Å². The van der Waals surface area contributed by atoms with Gasteiger partial charge in [-0.3, -0.25) is 29.7 Å². The predicted octanol–water partition coefficient (Wildman–Crippen LogP) is 6.58. The van der Waals surface area contributed by atoms with Crippen LogP contribution in [0.3, 0.4) is 0 Å². The van der Waals surface area contributed by atoms with Crippen LogP contribution in [0, 0.1) is 0 Å². The van der Waals surface area contributed by atoms with E-state index in [9.17, 15) is 0 Å². The van der Waals surface area contributed by atoms with Crippen molar-refractivity contribution in [3.8, 4) is 11.5 Å². The fraction of sp³-hybridized carbons (Fsp3) is 0.211. The van der Waals surface area contributed by atoms with E-state index < -0.39 is 0 Å². The highest BCUT2D eigenvalue weighted by atomic mass is 16.5. The highest BCUT2D eigenvalue weighted by molar-refractivity contribution is 5.93. The summed E-state index contributed by atoms with van der Waals surface area (Å²) >= 11 is 0.